The number of ether oxygens (including phenoxy) is 1. The van der Waals surface area contributed by atoms with Gasteiger partial charge in [0.25, 0.3) is 0 Å². The fourth-order valence-corrected chi connectivity index (χ4v) is 2.58. The van der Waals surface area contributed by atoms with Gasteiger partial charge in [-0.2, -0.15) is 0 Å². The highest BCUT2D eigenvalue weighted by Crippen LogP contribution is 2.28. The average Bonchev–Trinajstić information content (AvgIpc) is 3.10. The van der Waals surface area contributed by atoms with Crippen molar-refractivity contribution >= 4 is 21.9 Å². The molecule has 0 radical (unpaired) electrons. The lowest BCUT2D eigenvalue weighted by atomic mass is 10.2. The second-order valence-electron chi connectivity index (χ2n) is 4.72. The van der Waals surface area contributed by atoms with Crippen LogP contribution >= 0.6 is 15.9 Å². The number of hydrogen-bond donors (Lipinski definition) is 0. The molecule has 0 saturated heterocycles. The molecule has 104 valence electrons. The van der Waals surface area contributed by atoms with E-state index in [-0.39, 0.29) is 18.3 Å². The summed E-state index contributed by atoms with van der Waals surface area (Å²) in [6.45, 7) is 3.03. The van der Waals surface area contributed by atoms with Gasteiger partial charge in [-0.05, 0) is 43.5 Å². The molecule has 1 aliphatic rings. The molecule has 0 aliphatic heterocycles. The Kier molecular flexibility index (Phi) is 4.93. The van der Waals surface area contributed by atoms with Gasteiger partial charge in [0.1, 0.15) is 5.82 Å². The maximum absolute atomic E-state index is 13.3. The van der Waals surface area contributed by atoms with Crippen LogP contribution in [0.3, 0.4) is 0 Å². The summed E-state index contributed by atoms with van der Waals surface area (Å²) in [6.07, 6.45) is 2.19. The molecule has 2 rings (SSSR count). The van der Waals surface area contributed by atoms with Crippen molar-refractivity contribution < 1.29 is 13.9 Å². The van der Waals surface area contributed by atoms with Gasteiger partial charge in [0, 0.05) is 17.1 Å². The summed E-state index contributed by atoms with van der Waals surface area (Å²) in [7, 11) is 0. The molecule has 1 aromatic carbocycles. The Morgan fingerprint density at radius 2 is 2.21 bits per heavy atom. The lowest BCUT2D eigenvalue weighted by Gasteiger charge is -2.21. The van der Waals surface area contributed by atoms with Crippen molar-refractivity contribution in [3.8, 4) is 0 Å². The molecular weight excluding hydrogens is 313 g/mol. The minimum Gasteiger partial charge on any atom is -0.465 e. The van der Waals surface area contributed by atoms with Crippen molar-refractivity contribution in [3.63, 3.8) is 0 Å². The molecule has 0 heterocycles. The smallest absolute Gasteiger partial charge is 0.320 e. The molecular formula is C14H17BrFNO2. The van der Waals surface area contributed by atoms with Crippen LogP contribution in [0.4, 0.5) is 4.39 Å². The lowest BCUT2D eigenvalue weighted by molar-refractivity contribution is -0.144. The van der Waals surface area contributed by atoms with Gasteiger partial charge >= 0.3 is 5.97 Å². The molecule has 1 aliphatic carbocycles. The van der Waals surface area contributed by atoms with Gasteiger partial charge in [0.2, 0.25) is 0 Å². The van der Waals surface area contributed by atoms with Gasteiger partial charge in [-0.25, -0.2) is 4.39 Å². The van der Waals surface area contributed by atoms with Gasteiger partial charge in [0.15, 0.2) is 0 Å². The summed E-state index contributed by atoms with van der Waals surface area (Å²) in [4.78, 5) is 13.6. The Labute approximate surface area is 120 Å². The fourth-order valence-electron chi connectivity index (χ4n) is 2.06. The molecule has 3 nitrogen and oxygen atoms in total. The number of halogens is 2. The predicted molar refractivity (Wildman–Crippen MR) is 74.2 cm³/mol. The molecule has 1 fully saturated rings. The van der Waals surface area contributed by atoms with Gasteiger partial charge in [0.05, 0.1) is 13.2 Å². The van der Waals surface area contributed by atoms with Crippen LogP contribution in [-0.2, 0) is 16.1 Å². The van der Waals surface area contributed by atoms with Crippen molar-refractivity contribution in [3.05, 3.63) is 34.1 Å². The van der Waals surface area contributed by atoms with E-state index in [9.17, 15) is 9.18 Å². The summed E-state index contributed by atoms with van der Waals surface area (Å²) in [5, 5.41) is 0. The number of benzene rings is 1. The van der Waals surface area contributed by atoms with E-state index in [0.717, 1.165) is 22.9 Å². The Morgan fingerprint density at radius 3 is 2.79 bits per heavy atom. The van der Waals surface area contributed by atoms with Crippen molar-refractivity contribution in [1.29, 1.82) is 0 Å². The van der Waals surface area contributed by atoms with Gasteiger partial charge in [-0.15, -0.1) is 0 Å². The van der Waals surface area contributed by atoms with E-state index in [1.165, 1.54) is 12.1 Å². The number of nitrogens with zero attached hydrogens (tertiary/aromatic N) is 1. The van der Waals surface area contributed by atoms with Crippen LogP contribution < -0.4 is 0 Å². The highest BCUT2D eigenvalue weighted by molar-refractivity contribution is 9.10. The Morgan fingerprint density at radius 1 is 1.47 bits per heavy atom. The number of carbonyl (C=O) groups excluding carboxylic acids is 1. The zero-order valence-electron chi connectivity index (χ0n) is 10.9. The largest absolute Gasteiger partial charge is 0.465 e. The fraction of sp³-hybridized carbons (Fsp3) is 0.500. The summed E-state index contributed by atoms with van der Waals surface area (Å²) < 4.78 is 19.0. The van der Waals surface area contributed by atoms with E-state index in [2.05, 4.69) is 20.8 Å². The van der Waals surface area contributed by atoms with E-state index in [1.807, 2.05) is 6.07 Å². The normalized spacial score (nSPS) is 14.7. The van der Waals surface area contributed by atoms with E-state index in [0.29, 0.717) is 19.2 Å². The average molecular weight is 330 g/mol. The molecule has 5 heteroatoms. The second kappa shape index (κ2) is 6.48. The SMILES string of the molecule is CCOC(=O)CN(Cc1cc(F)cc(Br)c1)C1CC1. The van der Waals surface area contributed by atoms with Crippen LogP contribution in [0.25, 0.3) is 0 Å². The number of carbonyl (C=O) groups is 1. The monoisotopic (exact) mass is 329 g/mol. The highest BCUT2D eigenvalue weighted by Gasteiger charge is 2.30. The molecule has 19 heavy (non-hydrogen) atoms. The minimum absolute atomic E-state index is 0.218. The topological polar surface area (TPSA) is 29.5 Å². The third-order valence-electron chi connectivity index (χ3n) is 3.01. The quantitative estimate of drug-likeness (QED) is 0.751. The van der Waals surface area contributed by atoms with Crippen molar-refractivity contribution in [2.24, 2.45) is 0 Å². The molecule has 1 saturated carbocycles. The molecule has 0 aromatic heterocycles. The summed E-state index contributed by atoms with van der Waals surface area (Å²) in [6, 6.07) is 5.23. The molecule has 1 aromatic rings. The summed E-state index contributed by atoms with van der Waals surface area (Å²) in [5.41, 5.74) is 0.864. The molecule has 0 unspecified atom stereocenters. The Hall–Kier alpha value is -0.940. The maximum atomic E-state index is 13.3. The van der Waals surface area contributed by atoms with Crippen molar-refractivity contribution in [2.75, 3.05) is 13.2 Å². The van der Waals surface area contributed by atoms with E-state index < -0.39 is 0 Å². The standard InChI is InChI=1S/C14H17BrFNO2/c1-2-19-14(18)9-17(13-3-4-13)8-10-5-11(15)7-12(16)6-10/h5-7,13H,2-4,8-9H2,1H3. The molecule has 0 N–H and O–H groups in total. The van der Waals surface area contributed by atoms with Gasteiger partial charge in [-0.1, -0.05) is 15.9 Å². The third-order valence-corrected chi connectivity index (χ3v) is 3.47. The summed E-state index contributed by atoms with van der Waals surface area (Å²) in [5.74, 6) is -0.485. The number of esters is 1. The lowest BCUT2D eigenvalue weighted by Crippen LogP contribution is -2.32. The first-order valence-corrected chi connectivity index (χ1v) is 7.22. The first kappa shape index (κ1) is 14.5. The minimum atomic E-state index is -0.267. The zero-order chi connectivity index (χ0) is 13.8. The van der Waals surface area contributed by atoms with Crippen molar-refractivity contribution in [2.45, 2.75) is 32.4 Å². The maximum Gasteiger partial charge on any atom is 0.320 e. The van der Waals surface area contributed by atoms with Crippen LogP contribution in [0.15, 0.2) is 22.7 Å². The predicted octanol–water partition coefficient (Wildman–Crippen LogP) is 3.12. The van der Waals surface area contributed by atoms with E-state index >= 15 is 0 Å². The van der Waals surface area contributed by atoms with Crippen LogP contribution in [0.1, 0.15) is 25.3 Å². The first-order chi connectivity index (χ1) is 9.08. The van der Waals surface area contributed by atoms with Gasteiger partial charge in [-0.3, -0.25) is 9.69 Å². The van der Waals surface area contributed by atoms with Crippen LogP contribution in [0.2, 0.25) is 0 Å². The van der Waals surface area contributed by atoms with Crippen LogP contribution in [0, 0.1) is 5.82 Å². The third kappa shape index (κ3) is 4.58. The summed E-state index contributed by atoms with van der Waals surface area (Å²) >= 11 is 3.28. The number of hydrogen-bond acceptors (Lipinski definition) is 3. The van der Waals surface area contributed by atoms with Crippen LogP contribution in [0.5, 0.6) is 0 Å². The molecule has 0 amide bonds. The van der Waals surface area contributed by atoms with Gasteiger partial charge < -0.3 is 4.74 Å². The zero-order valence-corrected chi connectivity index (χ0v) is 12.5. The van der Waals surface area contributed by atoms with Crippen molar-refractivity contribution in [1.82, 2.24) is 4.90 Å². The second-order valence-corrected chi connectivity index (χ2v) is 5.63. The first-order valence-electron chi connectivity index (χ1n) is 6.43. The number of rotatable bonds is 6. The Balaban J connectivity index is 2.01. The highest BCUT2D eigenvalue weighted by atomic mass is 79.9. The van der Waals surface area contributed by atoms with Crippen LogP contribution in [-0.4, -0.2) is 30.1 Å². The molecule has 0 spiro atoms. The van der Waals surface area contributed by atoms with E-state index in [1.54, 1.807) is 6.92 Å². The molecule has 0 bridgehead atoms. The molecule has 0 atom stereocenters. The Bertz CT molecular complexity index is 443. The van der Waals surface area contributed by atoms with E-state index in [4.69, 9.17) is 4.74 Å².